The summed E-state index contributed by atoms with van der Waals surface area (Å²) >= 11 is 5.79. The van der Waals surface area contributed by atoms with E-state index in [-0.39, 0.29) is 22.2 Å². The minimum atomic E-state index is -4.93. The second-order valence-corrected chi connectivity index (χ2v) is 6.86. The van der Waals surface area contributed by atoms with Gasteiger partial charge < -0.3 is 4.90 Å². The largest absolute Gasteiger partial charge is 0.435 e. The van der Waals surface area contributed by atoms with Gasteiger partial charge in [-0.1, -0.05) is 11.6 Å². The van der Waals surface area contributed by atoms with E-state index in [4.69, 9.17) is 11.6 Å². The number of hydrogen-bond acceptors (Lipinski definition) is 3. The fourth-order valence-electron chi connectivity index (χ4n) is 2.86. The second-order valence-electron chi connectivity index (χ2n) is 6.43. The van der Waals surface area contributed by atoms with E-state index in [9.17, 15) is 26.3 Å². The second kappa shape index (κ2) is 6.97. The minimum Gasteiger partial charge on any atom is -0.362 e. The fourth-order valence-corrected chi connectivity index (χ4v) is 3.09. The summed E-state index contributed by atoms with van der Waals surface area (Å²) in [6.45, 7) is 0. The Hall–Kier alpha value is -2.69. The molecule has 2 heterocycles. The van der Waals surface area contributed by atoms with Gasteiger partial charge in [0.1, 0.15) is 5.82 Å². The molecule has 5 nitrogen and oxygen atoms in total. The zero-order chi connectivity index (χ0) is 21.7. The monoisotopic (exact) mass is 437 g/mol. The molecule has 0 fully saturated rings. The maximum Gasteiger partial charge on any atom is 0.435 e. The molecule has 0 aliphatic carbocycles. The van der Waals surface area contributed by atoms with Crippen molar-refractivity contribution in [3.8, 4) is 16.9 Å². The number of anilines is 1. The molecule has 3 aromatic rings. The first-order valence-electron chi connectivity index (χ1n) is 8.04. The number of benzene rings is 1. The highest BCUT2D eigenvalue weighted by atomic mass is 35.5. The third-order valence-corrected chi connectivity index (χ3v) is 4.20. The summed E-state index contributed by atoms with van der Waals surface area (Å²) in [5, 5.41) is 7.33. The normalized spacial score (nSPS) is 12.5. The van der Waals surface area contributed by atoms with Gasteiger partial charge in [0.2, 0.25) is 0 Å². The van der Waals surface area contributed by atoms with E-state index in [0.717, 1.165) is 10.7 Å². The Morgan fingerprint density at radius 2 is 1.62 bits per heavy atom. The average Bonchev–Trinajstić information content (AvgIpc) is 3.16. The molecule has 0 amide bonds. The minimum absolute atomic E-state index is 0.0750. The molecule has 0 spiro atoms. The van der Waals surface area contributed by atoms with E-state index < -0.39 is 29.2 Å². The predicted octanol–water partition coefficient (Wildman–Crippen LogP) is 5.03. The standard InChI is InChI=1S/C17H14ClF6N5/c1-27(2)15-13(9-6-10(16(19,20)21)8-11(18)7-9)14(17(22,23)24)26-29(15)12-4-5-28(3)25-12/h4-8H,1-3H3. The van der Waals surface area contributed by atoms with Crippen molar-refractivity contribution >= 4 is 17.4 Å². The van der Waals surface area contributed by atoms with Crippen molar-refractivity contribution in [3.63, 3.8) is 0 Å². The van der Waals surface area contributed by atoms with E-state index >= 15 is 0 Å². The van der Waals surface area contributed by atoms with Gasteiger partial charge in [0.15, 0.2) is 11.5 Å². The van der Waals surface area contributed by atoms with Gasteiger partial charge in [0.25, 0.3) is 0 Å². The smallest absolute Gasteiger partial charge is 0.362 e. The zero-order valence-electron chi connectivity index (χ0n) is 15.3. The SMILES string of the molecule is CN(C)c1c(-c2cc(Cl)cc(C(F)(F)F)c2)c(C(F)(F)F)nn1-c1ccn(C)n1. The lowest BCUT2D eigenvalue weighted by atomic mass is 10.0. The number of alkyl halides is 6. The average molecular weight is 438 g/mol. The first-order valence-corrected chi connectivity index (χ1v) is 8.42. The number of aryl methyl sites for hydroxylation is 1. The quantitative estimate of drug-likeness (QED) is 0.539. The summed E-state index contributed by atoms with van der Waals surface area (Å²) in [6.07, 6.45) is -8.21. The van der Waals surface area contributed by atoms with E-state index in [1.54, 1.807) is 7.05 Å². The highest BCUT2D eigenvalue weighted by Gasteiger charge is 2.41. The van der Waals surface area contributed by atoms with Crippen LogP contribution in [-0.4, -0.2) is 33.7 Å². The van der Waals surface area contributed by atoms with Crippen molar-refractivity contribution in [2.45, 2.75) is 12.4 Å². The highest BCUT2D eigenvalue weighted by molar-refractivity contribution is 6.31. The van der Waals surface area contributed by atoms with Gasteiger partial charge in [0.05, 0.1) is 11.1 Å². The molecule has 156 valence electrons. The van der Waals surface area contributed by atoms with Crippen LogP contribution in [-0.2, 0) is 19.4 Å². The zero-order valence-corrected chi connectivity index (χ0v) is 16.0. The van der Waals surface area contributed by atoms with Crippen molar-refractivity contribution in [3.05, 3.63) is 46.7 Å². The topological polar surface area (TPSA) is 38.9 Å². The molecule has 0 aliphatic rings. The Balaban J connectivity index is 2.39. The Morgan fingerprint density at radius 3 is 2.10 bits per heavy atom. The predicted molar refractivity (Wildman–Crippen MR) is 95.1 cm³/mol. The van der Waals surface area contributed by atoms with Crippen molar-refractivity contribution in [1.82, 2.24) is 19.6 Å². The number of halogens is 7. The molecule has 0 saturated heterocycles. The van der Waals surface area contributed by atoms with Crippen LogP contribution in [0.5, 0.6) is 0 Å². The van der Waals surface area contributed by atoms with Crippen LogP contribution in [0.15, 0.2) is 30.5 Å². The van der Waals surface area contributed by atoms with Crippen molar-refractivity contribution in [2.24, 2.45) is 7.05 Å². The Labute approximate surface area is 166 Å². The third-order valence-electron chi connectivity index (χ3n) is 3.98. The summed E-state index contributed by atoms with van der Waals surface area (Å²) in [6, 6.07) is 3.74. The summed E-state index contributed by atoms with van der Waals surface area (Å²) in [5.41, 5.74) is -3.39. The van der Waals surface area contributed by atoms with Gasteiger partial charge >= 0.3 is 12.4 Å². The lowest BCUT2D eigenvalue weighted by Crippen LogP contribution is -2.15. The number of nitrogens with zero attached hydrogens (tertiary/aromatic N) is 5. The molecule has 0 bridgehead atoms. The van der Waals surface area contributed by atoms with E-state index in [2.05, 4.69) is 10.2 Å². The maximum absolute atomic E-state index is 13.8. The van der Waals surface area contributed by atoms with Gasteiger partial charge in [-0.25, -0.2) is 0 Å². The van der Waals surface area contributed by atoms with Crippen molar-refractivity contribution in [2.75, 3.05) is 19.0 Å². The first-order chi connectivity index (χ1) is 13.3. The van der Waals surface area contributed by atoms with Crippen LogP contribution in [0.3, 0.4) is 0 Å². The van der Waals surface area contributed by atoms with Crippen LogP contribution in [0.25, 0.3) is 16.9 Å². The molecular formula is C17H14ClF6N5. The summed E-state index contributed by atoms with van der Waals surface area (Å²) < 4.78 is 83.2. The molecule has 0 unspecified atom stereocenters. The molecule has 0 N–H and O–H groups in total. The van der Waals surface area contributed by atoms with Crippen LogP contribution in [0, 0.1) is 0 Å². The summed E-state index contributed by atoms with van der Waals surface area (Å²) in [5.74, 6) is -0.0163. The Kier molecular flexibility index (Phi) is 5.06. The van der Waals surface area contributed by atoms with Crippen molar-refractivity contribution < 1.29 is 26.3 Å². The van der Waals surface area contributed by atoms with E-state index in [1.807, 2.05) is 0 Å². The molecule has 0 aliphatic heterocycles. The number of hydrogen-bond donors (Lipinski definition) is 0. The van der Waals surface area contributed by atoms with Crippen LogP contribution < -0.4 is 4.90 Å². The van der Waals surface area contributed by atoms with Gasteiger partial charge in [0, 0.05) is 38.4 Å². The number of rotatable bonds is 3. The van der Waals surface area contributed by atoms with Crippen LogP contribution >= 0.6 is 11.6 Å². The molecule has 0 radical (unpaired) electrons. The first kappa shape index (κ1) is 21.0. The van der Waals surface area contributed by atoms with Crippen molar-refractivity contribution in [1.29, 1.82) is 0 Å². The molecular weight excluding hydrogens is 424 g/mol. The molecule has 2 aromatic heterocycles. The van der Waals surface area contributed by atoms with Gasteiger partial charge in [-0.2, -0.15) is 41.2 Å². The lowest BCUT2D eigenvalue weighted by molar-refractivity contribution is -0.140. The summed E-state index contributed by atoms with van der Waals surface area (Å²) in [7, 11) is 4.48. The van der Waals surface area contributed by atoms with E-state index in [0.29, 0.717) is 12.1 Å². The third kappa shape index (κ3) is 4.04. The van der Waals surface area contributed by atoms with Crippen LogP contribution in [0.1, 0.15) is 11.3 Å². The van der Waals surface area contributed by atoms with Crippen LogP contribution in [0.4, 0.5) is 32.2 Å². The molecule has 0 atom stereocenters. The number of aromatic nitrogens is 4. The van der Waals surface area contributed by atoms with Gasteiger partial charge in [-0.15, -0.1) is 0 Å². The lowest BCUT2D eigenvalue weighted by Gasteiger charge is -2.18. The molecule has 3 rings (SSSR count). The Bertz CT molecular complexity index is 1050. The molecule has 29 heavy (non-hydrogen) atoms. The van der Waals surface area contributed by atoms with Gasteiger partial charge in [-0.3, -0.25) is 4.68 Å². The van der Waals surface area contributed by atoms with Crippen LogP contribution in [0.2, 0.25) is 5.02 Å². The maximum atomic E-state index is 13.8. The summed E-state index contributed by atoms with van der Waals surface area (Å²) in [4.78, 5) is 1.32. The van der Waals surface area contributed by atoms with Gasteiger partial charge in [-0.05, 0) is 23.8 Å². The fraction of sp³-hybridized carbons (Fsp3) is 0.294. The molecule has 1 aromatic carbocycles. The molecule has 0 saturated carbocycles. The molecule has 12 heteroatoms. The highest BCUT2D eigenvalue weighted by Crippen LogP contribution is 2.44. The Morgan fingerprint density at radius 1 is 0.966 bits per heavy atom. The van der Waals surface area contributed by atoms with E-state index in [1.165, 1.54) is 35.9 Å².